The Hall–Kier alpha value is -3.40. The van der Waals surface area contributed by atoms with Crippen LogP contribution in [0.2, 0.25) is 0 Å². The van der Waals surface area contributed by atoms with Crippen molar-refractivity contribution in [2.75, 3.05) is 5.32 Å². The average molecular weight is 398 g/mol. The molecule has 4 aromatic rings. The quantitative estimate of drug-likeness (QED) is 0.478. The molecule has 0 aliphatic rings. The molecule has 0 aliphatic heterocycles. The number of nitrogens with one attached hydrogen (secondary N) is 1. The molecule has 0 bridgehead atoms. The maximum atomic E-state index is 13.0. The highest BCUT2D eigenvalue weighted by Crippen LogP contribution is 2.28. The molecular formula is C26H27N3O. The van der Waals surface area contributed by atoms with Gasteiger partial charge in [0.25, 0.3) is 0 Å². The van der Waals surface area contributed by atoms with E-state index in [1.807, 2.05) is 35.7 Å². The Balaban J connectivity index is 1.74. The lowest BCUT2D eigenvalue weighted by Gasteiger charge is -2.11. The van der Waals surface area contributed by atoms with Gasteiger partial charge in [-0.3, -0.25) is 4.79 Å². The van der Waals surface area contributed by atoms with E-state index in [-0.39, 0.29) is 12.3 Å². The maximum absolute atomic E-state index is 13.0. The molecule has 152 valence electrons. The van der Waals surface area contributed by atoms with Gasteiger partial charge >= 0.3 is 0 Å². The van der Waals surface area contributed by atoms with E-state index < -0.39 is 0 Å². The molecule has 4 heteroatoms. The number of nitrogens with zero attached hydrogens (tertiary/aromatic N) is 2. The monoisotopic (exact) mass is 397 g/mol. The molecule has 4 nitrogen and oxygen atoms in total. The van der Waals surface area contributed by atoms with Gasteiger partial charge in [0, 0.05) is 17.4 Å². The van der Waals surface area contributed by atoms with Gasteiger partial charge in [0.2, 0.25) is 5.91 Å². The molecule has 0 unspecified atom stereocenters. The van der Waals surface area contributed by atoms with Gasteiger partial charge in [-0.1, -0.05) is 29.8 Å². The summed E-state index contributed by atoms with van der Waals surface area (Å²) in [6.07, 6.45) is 2.25. The minimum absolute atomic E-state index is 0.0468. The first-order valence-electron chi connectivity index (χ1n) is 10.2. The third-order valence-corrected chi connectivity index (χ3v) is 5.64. The number of rotatable bonds is 4. The Labute approximate surface area is 177 Å². The average Bonchev–Trinajstić information content (AvgIpc) is 3.03. The smallest absolute Gasteiger partial charge is 0.230 e. The summed E-state index contributed by atoms with van der Waals surface area (Å²) in [4.78, 5) is 17.9. The number of fused-ring (bicyclic) bond motifs is 1. The zero-order valence-corrected chi connectivity index (χ0v) is 18.2. The lowest BCUT2D eigenvalue weighted by molar-refractivity contribution is -0.115. The minimum atomic E-state index is -0.0468. The van der Waals surface area contributed by atoms with Crippen molar-refractivity contribution in [3.63, 3.8) is 0 Å². The number of pyridine rings is 1. The summed E-state index contributed by atoms with van der Waals surface area (Å²) in [7, 11) is 0. The molecule has 0 spiro atoms. The van der Waals surface area contributed by atoms with E-state index in [2.05, 4.69) is 63.3 Å². The second-order valence-electron chi connectivity index (χ2n) is 8.18. The Morgan fingerprint density at radius 2 is 1.63 bits per heavy atom. The normalized spacial score (nSPS) is 11.1. The molecule has 0 atom stereocenters. The zero-order valence-electron chi connectivity index (χ0n) is 18.2. The predicted molar refractivity (Wildman–Crippen MR) is 123 cm³/mol. The van der Waals surface area contributed by atoms with Crippen LogP contribution in [0.1, 0.15) is 33.5 Å². The van der Waals surface area contributed by atoms with Crippen LogP contribution in [0.3, 0.4) is 0 Å². The Bertz CT molecular complexity index is 1270. The van der Waals surface area contributed by atoms with Crippen LogP contribution >= 0.6 is 0 Å². The number of carbonyl (C=O) groups is 1. The van der Waals surface area contributed by atoms with Gasteiger partial charge in [0.05, 0.1) is 17.8 Å². The topological polar surface area (TPSA) is 46.4 Å². The van der Waals surface area contributed by atoms with E-state index in [0.717, 1.165) is 39.4 Å². The number of aryl methyl sites for hydroxylation is 5. The van der Waals surface area contributed by atoms with Crippen LogP contribution in [-0.4, -0.2) is 15.3 Å². The molecule has 0 fully saturated rings. The van der Waals surface area contributed by atoms with Gasteiger partial charge in [-0.05, 0) is 81.1 Å². The molecule has 1 N–H and O–H groups in total. The van der Waals surface area contributed by atoms with Gasteiger partial charge in [0.15, 0.2) is 0 Å². The van der Waals surface area contributed by atoms with Crippen LogP contribution in [-0.2, 0) is 11.2 Å². The summed E-state index contributed by atoms with van der Waals surface area (Å²) in [5.74, 6) is -0.0468. The highest BCUT2D eigenvalue weighted by atomic mass is 16.1. The number of aromatic nitrogens is 2. The molecule has 2 heterocycles. The maximum Gasteiger partial charge on any atom is 0.230 e. The molecule has 0 radical (unpaired) electrons. The largest absolute Gasteiger partial charge is 0.326 e. The fourth-order valence-corrected chi connectivity index (χ4v) is 3.79. The molecule has 4 rings (SSSR count). The van der Waals surface area contributed by atoms with Gasteiger partial charge in [-0.2, -0.15) is 0 Å². The third kappa shape index (κ3) is 3.86. The summed E-state index contributed by atoms with van der Waals surface area (Å²) in [5.41, 5.74) is 10.3. The predicted octanol–water partition coefficient (Wildman–Crippen LogP) is 5.72. The summed E-state index contributed by atoms with van der Waals surface area (Å²) >= 11 is 0. The Kier molecular flexibility index (Phi) is 5.17. The van der Waals surface area contributed by atoms with Crippen LogP contribution in [0.15, 0.2) is 54.7 Å². The van der Waals surface area contributed by atoms with Gasteiger partial charge in [-0.25, -0.2) is 4.98 Å². The number of imidazole rings is 1. The van der Waals surface area contributed by atoms with Gasteiger partial charge in [-0.15, -0.1) is 0 Å². The zero-order chi connectivity index (χ0) is 21.4. The Morgan fingerprint density at radius 3 is 2.37 bits per heavy atom. The van der Waals surface area contributed by atoms with E-state index >= 15 is 0 Å². The molecule has 0 aliphatic carbocycles. The molecular weight excluding hydrogens is 370 g/mol. The summed E-state index contributed by atoms with van der Waals surface area (Å²) in [6, 6.07) is 16.5. The van der Waals surface area contributed by atoms with E-state index in [9.17, 15) is 4.79 Å². The van der Waals surface area contributed by atoms with Crippen molar-refractivity contribution >= 4 is 17.2 Å². The van der Waals surface area contributed by atoms with Crippen molar-refractivity contribution in [2.24, 2.45) is 0 Å². The second kappa shape index (κ2) is 7.79. The first kappa shape index (κ1) is 19.9. The number of amides is 1. The summed E-state index contributed by atoms with van der Waals surface area (Å²) in [6.45, 7) is 10.3. The van der Waals surface area contributed by atoms with Crippen molar-refractivity contribution in [3.05, 3.63) is 88.2 Å². The molecule has 0 saturated heterocycles. The second-order valence-corrected chi connectivity index (χ2v) is 8.18. The molecule has 2 aromatic heterocycles. The van der Waals surface area contributed by atoms with Crippen molar-refractivity contribution in [2.45, 2.75) is 41.0 Å². The van der Waals surface area contributed by atoms with E-state index in [1.54, 1.807) is 0 Å². The number of anilines is 1. The lowest BCUT2D eigenvalue weighted by Crippen LogP contribution is -2.16. The summed E-state index contributed by atoms with van der Waals surface area (Å²) in [5, 5.41) is 3.07. The standard InChI is InChI=1S/C26H27N3O/c1-16-6-9-22(20(5)12-16)27-25(30)15-23-26(21-8-7-18(3)19(4)14-21)28-24-13-17(2)10-11-29(23)24/h6-14H,15H2,1-5H3,(H,27,30). The van der Waals surface area contributed by atoms with Crippen molar-refractivity contribution in [3.8, 4) is 11.3 Å². The fraction of sp³-hybridized carbons (Fsp3) is 0.231. The van der Waals surface area contributed by atoms with Crippen LogP contribution in [0, 0.1) is 34.6 Å². The van der Waals surface area contributed by atoms with Crippen molar-refractivity contribution in [1.29, 1.82) is 0 Å². The molecule has 1 amide bonds. The minimum Gasteiger partial charge on any atom is -0.326 e. The van der Waals surface area contributed by atoms with Gasteiger partial charge < -0.3 is 9.72 Å². The molecule has 30 heavy (non-hydrogen) atoms. The number of hydrogen-bond donors (Lipinski definition) is 1. The summed E-state index contributed by atoms with van der Waals surface area (Å²) < 4.78 is 2.03. The van der Waals surface area contributed by atoms with Crippen molar-refractivity contribution < 1.29 is 4.79 Å². The lowest BCUT2D eigenvalue weighted by atomic mass is 10.0. The SMILES string of the molecule is Cc1ccc(NC(=O)Cc2c(-c3ccc(C)c(C)c3)nc3cc(C)ccn23)c(C)c1. The van der Waals surface area contributed by atoms with Crippen LogP contribution < -0.4 is 5.32 Å². The fourth-order valence-electron chi connectivity index (χ4n) is 3.79. The molecule has 2 aromatic carbocycles. The molecule has 0 saturated carbocycles. The first-order valence-corrected chi connectivity index (χ1v) is 10.2. The highest BCUT2D eigenvalue weighted by molar-refractivity contribution is 5.94. The van der Waals surface area contributed by atoms with Crippen LogP contribution in [0.4, 0.5) is 5.69 Å². The van der Waals surface area contributed by atoms with E-state index in [1.165, 1.54) is 16.7 Å². The number of carbonyl (C=O) groups excluding carboxylic acids is 1. The number of benzene rings is 2. The Morgan fingerprint density at radius 1 is 0.867 bits per heavy atom. The van der Waals surface area contributed by atoms with E-state index in [4.69, 9.17) is 4.98 Å². The van der Waals surface area contributed by atoms with Gasteiger partial charge in [0.1, 0.15) is 5.65 Å². The van der Waals surface area contributed by atoms with Crippen LogP contribution in [0.25, 0.3) is 16.9 Å². The van der Waals surface area contributed by atoms with E-state index in [0.29, 0.717) is 0 Å². The number of hydrogen-bond acceptors (Lipinski definition) is 2. The highest BCUT2D eigenvalue weighted by Gasteiger charge is 2.18. The van der Waals surface area contributed by atoms with Crippen molar-refractivity contribution in [1.82, 2.24) is 9.38 Å². The third-order valence-electron chi connectivity index (χ3n) is 5.64. The first-order chi connectivity index (χ1) is 14.3. The van der Waals surface area contributed by atoms with Crippen LogP contribution in [0.5, 0.6) is 0 Å².